The zero-order chi connectivity index (χ0) is 10.4. The normalized spacial score (nSPS) is 10.2. The van der Waals surface area contributed by atoms with E-state index in [0.717, 1.165) is 6.54 Å². The number of hydrogen-bond acceptors (Lipinski definition) is 2. The Morgan fingerprint density at radius 1 is 1.43 bits per heavy atom. The van der Waals surface area contributed by atoms with E-state index in [0.29, 0.717) is 0 Å². The van der Waals surface area contributed by atoms with Crippen LogP contribution in [-0.4, -0.2) is 18.6 Å². The van der Waals surface area contributed by atoms with Crippen LogP contribution in [0.3, 0.4) is 0 Å². The topological polar surface area (TPSA) is 12.0 Å². The zero-order valence-electron chi connectivity index (χ0n) is 8.64. The third-order valence-electron chi connectivity index (χ3n) is 2.11. The molecule has 0 bridgehead atoms. The Labute approximate surface area is 98.8 Å². The summed E-state index contributed by atoms with van der Waals surface area (Å²) in [5, 5.41) is 3.45. The fourth-order valence-corrected chi connectivity index (χ4v) is 2.04. The summed E-state index contributed by atoms with van der Waals surface area (Å²) in [6.45, 7) is 3.18. The highest BCUT2D eigenvalue weighted by molar-refractivity contribution is 9.10. The van der Waals surface area contributed by atoms with E-state index in [1.54, 1.807) is 0 Å². The van der Waals surface area contributed by atoms with E-state index in [1.807, 2.05) is 11.8 Å². The molecule has 0 heterocycles. The maximum absolute atomic E-state index is 3.52. The van der Waals surface area contributed by atoms with Crippen LogP contribution < -0.4 is 5.32 Å². The first-order chi connectivity index (χ1) is 6.75. The largest absolute Gasteiger partial charge is 0.385 e. The minimum absolute atomic E-state index is 1.05. The summed E-state index contributed by atoms with van der Waals surface area (Å²) in [6.07, 6.45) is 3.36. The highest BCUT2D eigenvalue weighted by atomic mass is 79.9. The van der Waals surface area contributed by atoms with Gasteiger partial charge in [-0.3, -0.25) is 0 Å². The van der Waals surface area contributed by atoms with E-state index in [9.17, 15) is 0 Å². The van der Waals surface area contributed by atoms with Gasteiger partial charge >= 0.3 is 0 Å². The molecule has 0 fully saturated rings. The summed E-state index contributed by atoms with van der Waals surface area (Å²) < 4.78 is 1.17. The van der Waals surface area contributed by atoms with Gasteiger partial charge in [0.2, 0.25) is 0 Å². The number of halogens is 1. The Hall–Kier alpha value is -0.150. The summed E-state index contributed by atoms with van der Waals surface area (Å²) in [4.78, 5) is 0. The fourth-order valence-electron chi connectivity index (χ4n) is 1.24. The Morgan fingerprint density at radius 3 is 2.93 bits per heavy atom. The number of hydrogen-bond donors (Lipinski definition) is 1. The van der Waals surface area contributed by atoms with Gasteiger partial charge in [-0.15, -0.1) is 0 Å². The molecule has 0 saturated heterocycles. The van der Waals surface area contributed by atoms with Crippen molar-refractivity contribution in [1.29, 1.82) is 0 Å². The standard InChI is InChI=1S/C11H16BrNS/c1-9-10(12)5-3-6-11(9)13-7-4-8-14-2/h3,5-6,13H,4,7-8H2,1-2H3. The molecule has 14 heavy (non-hydrogen) atoms. The molecule has 0 saturated carbocycles. The average Bonchev–Trinajstić information content (AvgIpc) is 2.19. The second kappa shape index (κ2) is 6.36. The molecule has 0 aliphatic heterocycles. The number of thioether (sulfide) groups is 1. The second-order valence-electron chi connectivity index (χ2n) is 3.19. The van der Waals surface area contributed by atoms with Crippen molar-refractivity contribution in [2.75, 3.05) is 23.9 Å². The minimum Gasteiger partial charge on any atom is -0.385 e. The number of benzene rings is 1. The molecule has 1 nitrogen and oxygen atoms in total. The van der Waals surface area contributed by atoms with Crippen LogP contribution in [0, 0.1) is 6.92 Å². The Kier molecular flexibility index (Phi) is 5.41. The first kappa shape index (κ1) is 11.9. The highest BCUT2D eigenvalue weighted by Crippen LogP contribution is 2.23. The van der Waals surface area contributed by atoms with Crippen LogP contribution in [0.2, 0.25) is 0 Å². The third kappa shape index (κ3) is 3.54. The Bertz CT molecular complexity index is 289. The summed E-state index contributed by atoms with van der Waals surface area (Å²) in [7, 11) is 0. The molecule has 0 spiro atoms. The average molecular weight is 274 g/mol. The maximum atomic E-state index is 3.52. The molecule has 0 atom stereocenters. The van der Waals surface area contributed by atoms with Crippen LogP contribution in [0.5, 0.6) is 0 Å². The Balaban J connectivity index is 2.46. The molecule has 0 amide bonds. The zero-order valence-corrected chi connectivity index (χ0v) is 11.0. The van der Waals surface area contributed by atoms with Crippen LogP contribution in [0.25, 0.3) is 0 Å². The van der Waals surface area contributed by atoms with Crippen molar-refractivity contribution >= 4 is 33.4 Å². The Morgan fingerprint density at radius 2 is 2.21 bits per heavy atom. The molecule has 0 aromatic heterocycles. The van der Waals surface area contributed by atoms with Gasteiger partial charge in [-0.25, -0.2) is 0 Å². The second-order valence-corrected chi connectivity index (χ2v) is 5.03. The van der Waals surface area contributed by atoms with Gasteiger partial charge in [0.1, 0.15) is 0 Å². The van der Waals surface area contributed by atoms with Crippen molar-refractivity contribution in [3.8, 4) is 0 Å². The van der Waals surface area contributed by atoms with E-state index in [4.69, 9.17) is 0 Å². The molecular formula is C11H16BrNS. The number of rotatable bonds is 5. The van der Waals surface area contributed by atoms with E-state index < -0.39 is 0 Å². The molecule has 78 valence electrons. The van der Waals surface area contributed by atoms with Gasteiger partial charge in [0.05, 0.1) is 0 Å². The van der Waals surface area contributed by atoms with Crippen LogP contribution in [0.4, 0.5) is 5.69 Å². The van der Waals surface area contributed by atoms with Crippen LogP contribution >= 0.6 is 27.7 Å². The molecule has 3 heteroatoms. The smallest absolute Gasteiger partial charge is 0.0381 e. The summed E-state index contributed by atoms with van der Waals surface area (Å²) in [5.41, 5.74) is 2.53. The van der Waals surface area contributed by atoms with Crippen LogP contribution in [0.15, 0.2) is 22.7 Å². The lowest BCUT2D eigenvalue weighted by atomic mass is 10.2. The van der Waals surface area contributed by atoms with Crippen LogP contribution in [-0.2, 0) is 0 Å². The van der Waals surface area contributed by atoms with Gasteiger partial charge in [0, 0.05) is 16.7 Å². The van der Waals surface area contributed by atoms with Crippen molar-refractivity contribution in [3.05, 3.63) is 28.2 Å². The van der Waals surface area contributed by atoms with Crippen molar-refractivity contribution in [1.82, 2.24) is 0 Å². The molecule has 0 aliphatic rings. The van der Waals surface area contributed by atoms with E-state index in [1.165, 1.54) is 27.9 Å². The molecule has 1 aromatic carbocycles. The molecule has 0 aliphatic carbocycles. The highest BCUT2D eigenvalue weighted by Gasteiger charge is 1.99. The first-order valence-electron chi connectivity index (χ1n) is 4.73. The lowest BCUT2D eigenvalue weighted by Gasteiger charge is -2.09. The molecule has 1 N–H and O–H groups in total. The SMILES string of the molecule is CSCCCNc1cccc(Br)c1C. The maximum Gasteiger partial charge on any atom is 0.0381 e. The third-order valence-corrected chi connectivity index (χ3v) is 3.66. The van der Waals surface area contributed by atoms with Crippen molar-refractivity contribution in [2.45, 2.75) is 13.3 Å². The van der Waals surface area contributed by atoms with Crippen molar-refractivity contribution in [3.63, 3.8) is 0 Å². The van der Waals surface area contributed by atoms with Gasteiger partial charge in [0.25, 0.3) is 0 Å². The number of nitrogens with one attached hydrogen (secondary N) is 1. The quantitative estimate of drug-likeness (QED) is 0.817. The minimum atomic E-state index is 1.05. The lowest BCUT2D eigenvalue weighted by Crippen LogP contribution is -2.03. The van der Waals surface area contributed by atoms with Gasteiger partial charge in [-0.2, -0.15) is 11.8 Å². The lowest BCUT2D eigenvalue weighted by molar-refractivity contribution is 0.990. The summed E-state index contributed by atoms with van der Waals surface area (Å²) in [6, 6.07) is 6.26. The molecule has 1 rings (SSSR count). The van der Waals surface area contributed by atoms with Gasteiger partial charge < -0.3 is 5.32 Å². The van der Waals surface area contributed by atoms with Crippen molar-refractivity contribution < 1.29 is 0 Å². The molecule has 0 unspecified atom stereocenters. The monoisotopic (exact) mass is 273 g/mol. The van der Waals surface area contributed by atoms with E-state index in [-0.39, 0.29) is 0 Å². The number of anilines is 1. The fraction of sp³-hybridized carbons (Fsp3) is 0.455. The molecule has 0 radical (unpaired) electrons. The summed E-state index contributed by atoms with van der Waals surface area (Å²) in [5.74, 6) is 1.22. The van der Waals surface area contributed by atoms with E-state index >= 15 is 0 Å². The van der Waals surface area contributed by atoms with E-state index in [2.05, 4.69) is 52.6 Å². The molecule has 1 aromatic rings. The summed E-state index contributed by atoms with van der Waals surface area (Å²) >= 11 is 5.42. The predicted molar refractivity (Wildman–Crippen MR) is 70.4 cm³/mol. The van der Waals surface area contributed by atoms with Gasteiger partial charge in [0.15, 0.2) is 0 Å². The first-order valence-corrected chi connectivity index (χ1v) is 6.92. The predicted octanol–water partition coefficient (Wildman–Crippen LogP) is 3.92. The van der Waals surface area contributed by atoms with Crippen LogP contribution in [0.1, 0.15) is 12.0 Å². The molecular weight excluding hydrogens is 258 g/mol. The van der Waals surface area contributed by atoms with Crippen molar-refractivity contribution in [2.24, 2.45) is 0 Å². The van der Waals surface area contributed by atoms with Gasteiger partial charge in [-0.1, -0.05) is 22.0 Å². The van der Waals surface area contributed by atoms with Gasteiger partial charge in [-0.05, 0) is 43.0 Å².